The van der Waals surface area contributed by atoms with E-state index in [2.05, 4.69) is 0 Å². The van der Waals surface area contributed by atoms with Gasteiger partial charge in [0.15, 0.2) is 5.60 Å². The summed E-state index contributed by atoms with van der Waals surface area (Å²) in [6.07, 6.45) is 1.10. The van der Waals surface area contributed by atoms with E-state index in [1.807, 2.05) is 12.1 Å². The molecular weight excluding hydrogens is 435 g/mol. The van der Waals surface area contributed by atoms with Crippen LogP contribution in [0, 0.1) is 5.82 Å². The van der Waals surface area contributed by atoms with Gasteiger partial charge in [-0.15, -0.1) is 0 Å². The molecule has 0 radical (unpaired) electrons. The van der Waals surface area contributed by atoms with Crippen LogP contribution in [0.4, 0.5) is 14.9 Å². The number of hydrogen-bond donors (Lipinski definition) is 0. The zero-order chi connectivity index (χ0) is 22.3. The van der Waals surface area contributed by atoms with Crippen molar-refractivity contribution in [1.82, 2.24) is 4.90 Å². The van der Waals surface area contributed by atoms with Gasteiger partial charge >= 0.3 is 6.09 Å². The number of amides is 2. The summed E-state index contributed by atoms with van der Waals surface area (Å²) in [6.45, 7) is 2.03. The first kappa shape index (κ1) is 21.2. The van der Waals surface area contributed by atoms with Crippen molar-refractivity contribution in [1.29, 1.82) is 0 Å². The van der Waals surface area contributed by atoms with Gasteiger partial charge in [0, 0.05) is 36.9 Å². The highest BCUT2D eigenvalue weighted by Crippen LogP contribution is 2.41. The summed E-state index contributed by atoms with van der Waals surface area (Å²) in [5.41, 5.74) is -0.245. The summed E-state index contributed by atoms with van der Waals surface area (Å²) in [5.74, 6) is -0.415. The number of nitrogens with zero attached hydrogens (tertiary/aromatic N) is 2. The zero-order valence-corrected chi connectivity index (χ0v) is 18.3. The van der Waals surface area contributed by atoms with E-state index in [4.69, 9.17) is 21.1 Å². The molecule has 32 heavy (non-hydrogen) atoms. The Hall–Kier alpha value is -2.64. The Morgan fingerprint density at radius 2 is 1.81 bits per heavy atom. The molecule has 0 unspecified atom stereocenters. The third-order valence-corrected chi connectivity index (χ3v) is 7.06. The van der Waals surface area contributed by atoms with Crippen molar-refractivity contribution < 1.29 is 23.5 Å². The van der Waals surface area contributed by atoms with Crippen molar-refractivity contribution in [2.45, 2.75) is 30.3 Å². The molecular formula is C24H24ClFN2O4. The van der Waals surface area contributed by atoms with Crippen LogP contribution in [0.1, 0.15) is 24.8 Å². The normalized spacial score (nSPS) is 24.8. The van der Waals surface area contributed by atoms with Crippen molar-refractivity contribution in [3.8, 4) is 0 Å². The van der Waals surface area contributed by atoms with Crippen LogP contribution >= 0.6 is 11.6 Å². The standard InChI is InChI=1S/C24H24ClFN2O4/c25-18-4-2-6-20(14-18)28-16-23(32-22(28)30)7-10-27(15-23)21(29)24(8-11-31-12-9-24)17-3-1-5-19(26)13-17/h1-6,13-14H,7-12,15-16H2/t23-/m0/s1. The number of anilines is 1. The van der Waals surface area contributed by atoms with Crippen molar-refractivity contribution in [2.24, 2.45) is 0 Å². The maximum atomic E-state index is 14.0. The van der Waals surface area contributed by atoms with Crippen LogP contribution < -0.4 is 4.90 Å². The maximum absolute atomic E-state index is 14.0. The molecule has 0 aromatic heterocycles. The largest absolute Gasteiger partial charge is 0.439 e. The second-order valence-electron chi connectivity index (χ2n) is 8.80. The van der Waals surface area contributed by atoms with Gasteiger partial charge in [0.1, 0.15) is 5.82 Å². The molecule has 3 fully saturated rings. The smallest absolute Gasteiger partial charge is 0.415 e. The number of carbonyl (C=O) groups is 2. The molecule has 0 saturated carbocycles. The van der Waals surface area contributed by atoms with Gasteiger partial charge in [-0.2, -0.15) is 0 Å². The number of hydrogen-bond acceptors (Lipinski definition) is 4. The van der Waals surface area contributed by atoms with Gasteiger partial charge in [-0.25, -0.2) is 9.18 Å². The minimum Gasteiger partial charge on any atom is -0.439 e. The Labute approximate surface area is 190 Å². The molecule has 1 spiro atoms. The fourth-order valence-corrected chi connectivity index (χ4v) is 5.32. The van der Waals surface area contributed by atoms with Crippen LogP contribution in [-0.4, -0.2) is 55.3 Å². The van der Waals surface area contributed by atoms with E-state index in [-0.39, 0.29) is 11.7 Å². The van der Waals surface area contributed by atoms with E-state index in [0.29, 0.717) is 68.4 Å². The van der Waals surface area contributed by atoms with Crippen LogP contribution in [0.25, 0.3) is 0 Å². The van der Waals surface area contributed by atoms with Crippen LogP contribution in [0.3, 0.4) is 0 Å². The van der Waals surface area contributed by atoms with E-state index in [1.165, 1.54) is 12.1 Å². The van der Waals surface area contributed by atoms with Crippen LogP contribution in [0.5, 0.6) is 0 Å². The Bertz CT molecular complexity index is 1060. The third-order valence-electron chi connectivity index (χ3n) is 6.83. The summed E-state index contributed by atoms with van der Waals surface area (Å²) >= 11 is 6.09. The lowest BCUT2D eigenvalue weighted by molar-refractivity contribution is -0.141. The number of likely N-dealkylation sites (tertiary alicyclic amines) is 1. The molecule has 3 heterocycles. The second-order valence-corrected chi connectivity index (χ2v) is 9.23. The number of rotatable bonds is 3. The van der Waals surface area contributed by atoms with Crippen LogP contribution in [-0.2, 0) is 19.7 Å². The topological polar surface area (TPSA) is 59.1 Å². The molecule has 3 saturated heterocycles. The molecule has 5 rings (SSSR count). The number of ether oxygens (including phenoxy) is 2. The second kappa shape index (κ2) is 8.05. The van der Waals surface area contributed by atoms with Gasteiger partial charge in [0.25, 0.3) is 0 Å². The first-order chi connectivity index (χ1) is 15.4. The molecule has 6 nitrogen and oxygen atoms in total. The van der Waals surface area contributed by atoms with E-state index in [9.17, 15) is 14.0 Å². The Kier molecular flexibility index (Phi) is 5.34. The summed E-state index contributed by atoms with van der Waals surface area (Å²) in [4.78, 5) is 29.8. The lowest BCUT2D eigenvalue weighted by Gasteiger charge is -2.39. The van der Waals surface area contributed by atoms with E-state index in [0.717, 1.165) is 0 Å². The highest BCUT2D eigenvalue weighted by molar-refractivity contribution is 6.30. The number of carbonyl (C=O) groups excluding carboxylic acids is 2. The minimum absolute atomic E-state index is 0.0551. The van der Waals surface area contributed by atoms with E-state index >= 15 is 0 Å². The lowest BCUT2D eigenvalue weighted by Crippen LogP contribution is -2.50. The summed E-state index contributed by atoms with van der Waals surface area (Å²) in [6, 6.07) is 13.4. The van der Waals surface area contributed by atoms with Crippen molar-refractivity contribution in [3.05, 3.63) is 64.9 Å². The van der Waals surface area contributed by atoms with Gasteiger partial charge in [0.2, 0.25) is 5.91 Å². The fraction of sp³-hybridized carbons (Fsp3) is 0.417. The summed E-state index contributed by atoms with van der Waals surface area (Å²) < 4.78 is 25.3. The molecule has 168 valence electrons. The van der Waals surface area contributed by atoms with Crippen molar-refractivity contribution >= 4 is 29.3 Å². The van der Waals surface area contributed by atoms with Gasteiger partial charge in [-0.1, -0.05) is 29.8 Å². The van der Waals surface area contributed by atoms with Crippen molar-refractivity contribution in [2.75, 3.05) is 37.7 Å². The Morgan fingerprint density at radius 1 is 1.03 bits per heavy atom. The predicted molar refractivity (Wildman–Crippen MR) is 117 cm³/mol. The Morgan fingerprint density at radius 3 is 2.56 bits per heavy atom. The average Bonchev–Trinajstić information content (AvgIpc) is 3.36. The summed E-state index contributed by atoms with van der Waals surface area (Å²) in [5, 5.41) is 0.538. The predicted octanol–water partition coefficient (Wildman–Crippen LogP) is 4.16. The van der Waals surface area contributed by atoms with Gasteiger partial charge < -0.3 is 14.4 Å². The molecule has 8 heteroatoms. The molecule has 2 amide bonds. The first-order valence-electron chi connectivity index (χ1n) is 10.8. The molecule has 2 aromatic carbocycles. The quantitative estimate of drug-likeness (QED) is 0.693. The molecule has 0 bridgehead atoms. The van der Waals surface area contributed by atoms with Gasteiger partial charge in [0.05, 0.1) is 18.5 Å². The highest BCUT2D eigenvalue weighted by Gasteiger charge is 2.54. The molecule has 0 aliphatic carbocycles. The minimum atomic E-state index is -0.832. The van der Waals surface area contributed by atoms with Crippen LogP contribution in [0.15, 0.2) is 48.5 Å². The SMILES string of the molecule is O=C1O[C@]2(CCN(C(=O)C3(c4cccc(F)c4)CCOCC3)C2)CN1c1cccc(Cl)c1. The molecule has 1 atom stereocenters. The van der Waals surface area contributed by atoms with Gasteiger partial charge in [-0.3, -0.25) is 9.69 Å². The molecule has 0 N–H and O–H groups in total. The van der Waals surface area contributed by atoms with E-state index in [1.54, 1.807) is 34.1 Å². The zero-order valence-electron chi connectivity index (χ0n) is 17.6. The number of benzene rings is 2. The fourth-order valence-electron chi connectivity index (χ4n) is 5.13. The number of halogens is 2. The average molecular weight is 459 g/mol. The van der Waals surface area contributed by atoms with Crippen molar-refractivity contribution in [3.63, 3.8) is 0 Å². The first-order valence-corrected chi connectivity index (χ1v) is 11.2. The summed E-state index contributed by atoms with van der Waals surface area (Å²) in [7, 11) is 0. The third kappa shape index (κ3) is 3.63. The molecule has 3 aliphatic rings. The van der Waals surface area contributed by atoms with Gasteiger partial charge in [-0.05, 0) is 48.7 Å². The highest BCUT2D eigenvalue weighted by atomic mass is 35.5. The Balaban J connectivity index is 1.38. The molecule has 2 aromatic rings. The molecule has 3 aliphatic heterocycles. The maximum Gasteiger partial charge on any atom is 0.415 e. The lowest BCUT2D eigenvalue weighted by atomic mass is 9.73. The van der Waals surface area contributed by atoms with Crippen LogP contribution in [0.2, 0.25) is 5.02 Å². The monoisotopic (exact) mass is 458 g/mol. The van der Waals surface area contributed by atoms with E-state index < -0.39 is 17.1 Å².